The molecule has 8 heteroatoms. The maximum Gasteiger partial charge on any atom is 0.239 e. The number of amides is 1. The van der Waals surface area contributed by atoms with Crippen LogP contribution in [0.25, 0.3) is 0 Å². The predicted octanol–water partition coefficient (Wildman–Crippen LogP) is 0.0624. The summed E-state index contributed by atoms with van der Waals surface area (Å²) >= 11 is 0. The van der Waals surface area contributed by atoms with E-state index in [0.29, 0.717) is 0 Å². The Labute approximate surface area is 165 Å². The normalized spacial score (nSPS) is 18.1. The van der Waals surface area contributed by atoms with E-state index in [1.54, 1.807) is 19.1 Å². The van der Waals surface area contributed by atoms with Gasteiger partial charge in [-0.15, -0.1) is 0 Å². The van der Waals surface area contributed by atoms with Gasteiger partial charge in [-0.25, -0.2) is 0 Å². The van der Waals surface area contributed by atoms with E-state index in [1.807, 2.05) is 14.1 Å². The van der Waals surface area contributed by atoms with E-state index in [1.165, 1.54) is 0 Å². The molecule has 1 atom stereocenters. The quantitative estimate of drug-likeness (QED) is 0.282. The maximum atomic E-state index is 12.2. The lowest BCUT2D eigenvalue weighted by Crippen LogP contribution is -2.44. The highest BCUT2D eigenvalue weighted by molar-refractivity contribution is 5.81. The summed E-state index contributed by atoms with van der Waals surface area (Å²) in [5.74, 6) is 1.06. The van der Waals surface area contributed by atoms with Gasteiger partial charge in [-0.05, 0) is 39.3 Å². The van der Waals surface area contributed by atoms with Crippen LogP contribution in [0.2, 0.25) is 0 Å². The summed E-state index contributed by atoms with van der Waals surface area (Å²) in [4.78, 5) is 22.8. The molecule has 158 valence electrons. The number of aliphatic imine (C=N–C) groups is 1. The first-order chi connectivity index (χ1) is 13.0. The average molecular weight is 385 g/mol. The van der Waals surface area contributed by atoms with Gasteiger partial charge in [0.1, 0.15) is 0 Å². The van der Waals surface area contributed by atoms with Crippen molar-refractivity contribution in [3.63, 3.8) is 0 Å². The highest BCUT2D eigenvalue weighted by atomic mass is 16.5. The molecule has 1 aliphatic rings. The SMILES string of the molecule is CN=C(NCCCN1CCCC1C(=O)N(C)C)NCCN(C)CCCOC. The first-order valence-electron chi connectivity index (χ1n) is 10.1. The molecule has 1 fully saturated rings. The van der Waals surface area contributed by atoms with Crippen molar-refractivity contribution in [3.8, 4) is 0 Å². The number of carbonyl (C=O) groups is 1. The molecule has 0 aromatic carbocycles. The molecule has 0 saturated carbocycles. The fourth-order valence-electron chi connectivity index (χ4n) is 3.34. The number of likely N-dealkylation sites (N-methyl/N-ethyl adjacent to an activating group) is 2. The molecule has 0 radical (unpaired) electrons. The number of hydrogen-bond acceptors (Lipinski definition) is 5. The Morgan fingerprint density at radius 3 is 2.59 bits per heavy atom. The van der Waals surface area contributed by atoms with Crippen molar-refractivity contribution >= 4 is 11.9 Å². The molecular formula is C19H40N6O2. The fraction of sp³-hybridized carbons (Fsp3) is 0.895. The lowest BCUT2D eigenvalue weighted by molar-refractivity contribution is -0.133. The minimum absolute atomic E-state index is 0.0612. The number of nitrogens with one attached hydrogen (secondary N) is 2. The Morgan fingerprint density at radius 1 is 1.19 bits per heavy atom. The van der Waals surface area contributed by atoms with E-state index in [2.05, 4.69) is 32.5 Å². The summed E-state index contributed by atoms with van der Waals surface area (Å²) < 4.78 is 5.08. The molecule has 0 spiro atoms. The van der Waals surface area contributed by atoms with Crippen molar-refractivity contribution in [1.29, 1.82) is 0 Å². The highest BCUT2D eigenvalue weighted by Crippen LogP contribution is 2.18. The Hall–Kier alpha value is -1.38. The van der Waals surface area contributed by atoms with E-state index in [9.17, 15) is 4.79 Å². The van der Waals surface area contributed by atoms with Crippen molar-refractivity contribution in [1.82, 2.24) is 25.3 Å². The van der Waals surface area contributed by atoms with Crippen molar-refractivity contribution in [2.24, 2.45) is 4.99 Å². The summed E-state index contributed by atoms with van der Waals surface area (Å²) in [6.45, 7) is 6.47. The molecule has 1 amide bonds. The molecule has 1 rings (SSSR count). The molecule has 1 saturated heterocycles. The zero-order valence-electron chi connectivity index (χ0n) is 18.0. The number of methoxy groups -OCH3 is 1. The van der Waals surface area contributed by atoms with Crippen molar-refractivity contribution in [2.45, 2.75) is 31.7 Å². The first-order valence-corrected chi connectivity index (χ1v) is 10.1. The minimum Gasteiger partial charge on any atom is -0.385 e. The van der Waals surface area contributed by atoms with E-state index < -0.39 is 0 Å². The lowest BCUT2D eigenvalue weighted by Gasteiger charge is -2.26. The number of rotatable bonds is 12. The number of ether oxygens (including phenoxy) is 1. The topological polar surface area (TPSA) is 72.4 Å². The number of likely N-dealkylation sites (tertiary alicyclic amines) is 1. The minimum atomic E-state index is 0.0612. The van der Waals surface area contributed by atoms with Gasteiger partial charge in [0.05, 0.1) is 6.04 Å². The van der Waals surface area contributed by atoms with Gasteiger partial charge in [0, 0.05) is 67.6 Å². The van der Waals surface area contributed by atoms with Crippen LogP contribution in [0.4, 0.5) is 0 Å². The summed E-state index contributed by atoms with van der Waals surface area (Å²) in [5.41, 5.74) is 0. The van der Waals surface area contributed by atoms with Crippen LogP contribution in [-0.4, -0.2) is 114 Å². The molecule has 2 N–H and O–H groups in total. The molecule has 0 bridgehead atoms. The van der Waals surface area contributed by atoms with Crippen LogP contribution < -0.4 is 10.6 Å². The van der Waals surface area contributed by atoms with Gasteiger partial charge in [-0.3, -0.25) is 14.7 Å². The third-order valence-corrected chi connectivity index (χ3v) is 4.90. The molecule has 0 aliphatic carbocycles. The van der Waals surface area contributed by atoms with Gasteiger partial charge >= 0.3 is 0 Å². The van der Waals surface area contributed by atoms with Gasteiger partial charge in [0.15, 0.2) is 5.96 Å². The van der Waals surface area contributed by atoms with Crippen LogP contribution in [0.3, 0.4) is 0 Å². The Kier molecular flexibility index (Phi) is 12.0. The zero-order chi connectivity index (χ0) is 20.1. The van der Waals surface area contributed by atoms with Crippen LogP contribution in [0.5, 0.6) is 0 Å². The van der Waals surface area contributed by atoms with E-state index in [4.69, 9.17) is 4.74 Å². The molecular weight excluding hydrogens is 344 g/mol. The van der Waals surface area contributed by atoms with Crippen molar-refractivity contribution in [2.75, 3.05) is 81.2 Å². The van der Waals surface area contributed by atoms with Crippen LogP contribution in [0.15, 0.2) is 4.99 Å². The third-order valence-electron chi connectivity index (χ3n) is 4.90. The maximum absolute atomic E-state index is 12.2. The molecule has 0 aromatic rings. The smallest absolute Gasteiger partial charge is 0.239 e. The molecule has 27 heavy (non-hydrogen) atoms. The highest BCUT2D eigenvalue weighted by Gasteiger charge is 2.30. The molecule has 1 aliphatic heterocycles. The zero-order valence-corrected chi connectivity index (χ0v) is 18.0. The summed E-state index contributed by atoms with van der Waals surface area (Å²) in [7, 11) is 9.33. The summed E-state index contributed by atoms with van der Waals surface area (Å²) in [6.07, 6.45) is 4.13. The lowest BCUT2D eigenvalue weighted by atomic mass is 10.2. The van der Waals surface area contributed by atoms with Gasteiger partial charge < -0.3 is 25.2 Å². The predicted molar refractivity (Wildman–Crippen MR) is 111 cm³/mol. The molecule has 8 nitrogen and oxygen atoms in total. The molecule has 1 heterocycles. The largest absolute Gasteiger partial charge is 0.385 e. The third kappa shape index (κ3) is 9.39. The number of hydrogen-bond donors (Lipinski definition) is 2. The average Bonchev–Trinajstić information content (AvgIpc) is 3.11. The van der Waals surface area contributed by atoms with E-state index in [-0.39, 0.29) is 11.9 Å². The molecule has 0 aromatic heterocycles. The van der Waals surface area contributed by atoms with E-state index >= 15 is 0 Å². The number of carbonyl (C=O) groups excluding carboxylic acids is 1. The Balaban J connectivity index is 2.17. The second kappa shape index (κ2) is 13.7. The second-order valence-corrected chi connectivity index (χ2v) is 7.36. The van der Waals surface area contributed by atoms with Crippen molar-refractivity contribution < 1.29 is 9.53 Å². The van der Waals surface area contributed by atoms with Gasteiger partial charge in [0.25, 0.3) is 0 Å². The Morgan fingerprint density at radius 2 is 1.93 bits per heavy atom. The Bertz CT molecular complexity index is 444. The van der Waals surface area contributed by atoms with Gasteiger partial charge in [-0.1, -0.05) is 0 Å². The van der Waals surface area contributed by atoms with Crippen LogP contribution >= 0.6 is 0 Å². The fourth-order valence-corrected chi connectivity index (χ4v) is 3.34. The molecule has 1 unspecified atom stereocenters. The van der Waals surface area contributed by atoms with Gasteiger partial charge in [-0.2, -0.15) is 0 Å². The van der Waals surface area contributed by atoms with E-state index in [0.717, 1.165) is 77.5 Å². The van der Waals surface area contributed by atoms with Crippen LogP contribution in [0, 0.1) is 0 Å². The first kappa shape index (κ1) is 23.7. The number of nitrogens with zero attached hydrogens (tertiary/aromatic N) is 4. The van der Waals surface area contributed by atoms with Gasteiger partial charge in [0.2, 0.25) is 5.91 Å². The summed E-state index contributed by atoms with van der Waals surface area (Å²) in [5, 5.41) is 6.72. The number of guanidine groups is 1. The van der Waals surface area contributed by atoms with Crippen LogP contribution in [0.1, 0.15) is 25.7 Å². The second-order valence-electron chi connectivity index (χ2n) is 7.36. The van der Waals surface area contributed by atoms with Crippen LogP contribution in [-0.2, 0) is 9.53 Å². The van der Waals surface area contributed by atoms with Crippen molar-refractivity contribution in [3.05, 3.63) is 0 Å². The monoisotopic (exact) mass is 384 g/mol. The summed E-state index contributed by atoms with van der Waals surface area (Å²) in [6, 6.07) is 0.0612. The standard InChI is InChI=1S/C19H40N6O2/c1-20-19(22-11-15-24(4)12-8-16-27-5)21-10-7-14-25-13-6-9-17(25)18(26)23(2)3/h17H,6-16H2,1-5H3,(H2,20,21,22).